The summed E-state index contributed by atoms with van der Waals surface area (Å²) < 4.78 is 0. The zero-order valence-electron chi connectivity index (χ0n) is 10.4. The average molecular weight is 270 g/mol. The van der Waals surface area contributed by atoms with Crippen molar-refractivity contribution in [3.8, 4) is 10.6 Å². The van der Waals surface area contributed by atoms with Gasteiger partial charge in [-0.25, -0.2) is 4.98 Å². The molecule has 0 radical (unpaired) electrons. The summed E-state index contributed by atoms with van der Waals surface area (Å²) in [5.74, 6) is 0. The number of aromatic amines is 1. The first kappa shape index (κ1) is 11.2. The predicted molar refractivity (Wildman–Crippen MR) is 77.3 cm³/mol. The maximum absolute atomic E-state index is 10.0. The number of aromatic nitrogens is 2. The van der Waals surface area contributed by atoms with Crippen LogP contribution in [0.15, 0.2) is 30.6 Å². The van der Waals surface area contributed by atoms with E-state index in [2.05, 4.69) is 23.2 Å². The van der Waals surface area contributed by atoms with Crippen molar-refractivity contribution in [1.29, 1.82) is 0 Å². The second kappa shape index (κ2) is 4.18. The number of fused-ring (bicyclic) bond motifs is 2. The lowest BCUT2D eigenvalue weighted by molar-refractivity contribution is 0.160. The molecule has 4 heteroatoms. The van der Waals surface area contributed by atoms with Crippen LogP contribution < -0.4 is 0 Å². The molecular formula is C15H14N2OS. The first-order valence-corrected chi connectivity index (χ1v) is 7.37. The number of thiazole rings is 1. The van der Waals surface area contributed by atoms with Crippen LogP contribution in [0.3, 0.4) is 0 Å². The molecule has 0 bridgehead atoms. The van der Waals surface area contributed by atoms with Gasteiger partial charge in [0.1, 0.15) is 5.01 Å². The van der Waals surface area contributed by atoms with E-state index in [9.17, 15) is 5.11 Å². The second-order valence-corrected chi connectivity index (χ2v) is 6.07. The van der Waals surface area contributed by atoms with Crippen molar-refractivity contribution in [1.82, 2.24) is 9.97 Å². The Morgan fingerprint density at radius 2 is 2.16 bits per heavy atom. The first-order valence-electron chi connectivity index (χ1n) is 6.56. The van der Waals surface area contributed by atoms with Crippen molar-refractivity contribution in [3.05, 3.63) is 41.2 Å². The number of hydrogen-bond donors (Lipinski definition) is 2. The van der Waals surface area contributed by atoms with Crippen LogP contribution in [0.4, 0.5) is 0 Å². The van der Waals surface area contributed by atoms with Crippen LogP contribution in [0.5, 0.6) is 0 Å². The number of nitrogens with zero attached hydrogens (tertiary/aromatic N) is 1. The minimum atomic E-state index is -0.314. The molecule has 19 heavy (non-hydrogen) atoms. The highest BCUT2D eigenvalue weighted by Crippen LogP contribution is 2.38. The topological polar surface area (TPSA) is 48.9 Å². The summed E-state index contributed by atoms with van der Waals surface area (Å²) in [6.07, 6.45) is 6.58. The van der Waals surface area contributed by atoms with E-state index < -0.39 is 0 Å². The minimum absolute atomic E-state index is 0.314. The van der Waals surface area contributed by atoms with E-state index in [0.29, 0.717) is 0 Å². The summed E-state index contributed by atoms with van der Waals surface area (Å²) in [7, 11) is 0. The van der Waals surface area contributed by atoms with Crippen LogP contribution in [0, 0.1) is 0 Å². The highest BCUT2D eigenvalue weighted by atomic mass is 32.1. The fraction of sp³-hybridized carbons (Fsp3) is 0.267. The Balaban J connectivity index is 1.83. The molecule has 1 aliphatic rings. The molecule has 96 valence electrons. The number of H-pyrrole nitrogens is 1. The average Bonchev–Trinajstić information content (AvgIpc) is 3.04. The molecular weight excluding hydrogens is 256 g/mol. The highest BCUT2D eigenvalue weighted by molar-refractivity contribution is 7.15. The smallest absolute Gasteiger partial charge is 0.123 e. The van der Waals surface area contributed by atoms with Gasteiger partial charge in [-0.05, 0) is 36.1 Å². The number of aliphatic hydroxyl groups is 1. The van der Waals surface area contributed by atoms with Crippen molar-refractivity contribution in [3.63, 3.8) is 0 Å². The van der Waals surface area contributed by atoms with Crippen LogP contribution >= 0.6 is 11.3 Å². The third-order valence-electron chi connectivity index (χ3n) is 3.73. The van der Waals surface area contributed by atoms with Crippen molar-refractivity contribution in [2.45, 2.75) is 25.4 Å². The Hall–Kier alpha value is -1.65. The number of rotatable bonds is 1. The Bertz CT molecular complexity index is 744. The van der Waals surface area contributed by atoms with Gasteiger partial charge in [-0.1, -0.05) is 12.1 Å². The van der Waals surface area contributed by atoms with Crippen LogP contribution in [0.1, 0.15) is 29.5 Å². The molecule has 0 fully saturated rings. The van der Waals surface area contributed by atoms with Gasteiger partial charge in [-0.15, -0.1) is 11.3 Å². The van der Waals surface area contributed by atoms with Crippen LogP contribution in [-0.2, 0) is 6.42 Å². The summed E-state index contributed by atoms with van der Waals surface area (Å²) >= 11 is 1.64. The maximum atomic E-state index is 10.0. The lowest BCUT2D eigenvalue weighted by atomic mass is 10.0. The maximum Gasteiger partial charge on any atom is 0.123 e. The predicted octanol–water partition coefficient (Wildman–Crippen LogP) is 3.66. The van der Waals surface area contributed by atoms with Gasteiger partial charge in [-0.2, -0.15) is 0 Å². The SMILES string of the molecule is OC1CCCc2nc(-c3ccc4c[nH]cc4c3)sc21. The van der Waals surface area contributed by atoms with E-state index in [0.717, 1.165) is 40.4 Å². The van der Waals surface area contributed by atoms with Gasteiger partial charge in [0.15, 0.2) is 0 Å². The monoisotopic (exact) mass is 270 g/mol. The third kappa shape index (κ3) is 1.79. The number of benzene rings is 1. The molecule has 3 aromatic rings. The van der Waals surface area contributed by atoms with Gasteiger partial charge >= 0.3 is 0 Å². The molecule has 3 nitrogen and oxygen atoms in total. The van der Waals surface area contributed by atoms with Gasteiger partial charge in [0, 0.05) is 18.0 Å². The zero-order chi connectivity index (χ0) is 12.8. The first-order chi connectivity index (χ1) is 9.31. The number of aliphatic hydroxyl groups excluding tert-OH is 1. The second-order valence-electron chi connectivity index (χ2n) is 5.04. The van der Waals surface area contributed by atoms with Crippen molar-refractivity contribution in [2.75, 3.05) is 0 Å². The minimum Gasteiger partial charge on any atom is -0.388 e. The molecule has 1 unspecified atom stereocenters. The Morgan fingerprint density at radius 1 is 1.26 bits per heavy atom. The Labute approximate surface area is 114 Å². The fourth-order valence-corrected chi connectivity index (χ4v) is 3.83. The van der Waals surface area contributed by atoms with Gasteiger partial charge in [0.2, 0.25) is 0 Å². The summed E-state index contributed by atoms with van der Waals surface area (Å²) in [6.45, 7) is 0. The van der Waals surface area contributed by atoms with E-state index in [4.69, 9.17) is 4.98 Å². The summed E-state index contributed by atoms with van der Waals surface area (Å²) in [6, 6.07) is 6.37. The van der Waals surface area contributed by atoms with E-state index in [-0.39, 0.29) is 6.10 Å². The molecule has 1 aromatic carbocycles. The van der Waals surface area contributed by atoms with E-state index in [1.165, 1.54) is 10.8 Å². The normalized spacial score (nSPS) is 18.7. The number of hydrogen-bond acceptors (Lipinski definition) is 3. The third-order valence-corrected chi connectivity index (χ3v) is 4.98. The van der Waals surface area contributed by atoms with Crippen LogP contribution in [0.25, 0.3) is 21.3 Å². The Kier molecular flexibility index (Phi) is 2.47. The zero-order valence-corrected chi connectivity index (χ0v) is 11.2. The molecule has 4 rings (SSSR count). The molecule has 2 N–H and O–H groups in total. The summed E-state index contributed by atoms with van der Waals surface area (Å²) in [5.41, 5.74) is 2.23. The largest absolute Gasteiger partial charge is 0.388 e. The molecule has 1 atom stereocenters. The molecule has 0 amide bonds. The van der Waals surface area contributed by atoms with E-state index >= 15 is 0 Å². The van der Waals surface area contributed by atoms with E-state index in [1.807, 2.05) is 12.4 Å². The Morgan fingerprint density at radius 3 is 3.05 bits per heavy atom. The quantitative estimate of drug-likeness (QED) is 0.709. The van der Waals surface area contributed by atoms with Crippen molar-refractivity contribution >= 4 is 22.1 Å². The van der Waals surface area contributed by atoms with E-state index in [1.54, 1.807) is 11.3 Å². The van der Waals surface area contributed by atoms with Gasteiger partial charge in [-0.3, -0.25) is 0 Å². The van der Waals surface area contributed by atoms with Gasteiger partial charge in [0.25, 0.3) is 0 Å². The number of aryl methyl sites for hydroxylation is 1. The van der Waals surface area contributed by atoms with Crippen LogP contribution in [0.2, 0.25) is 0 Å². The molecule has 0 spiro atoms. The fourth-order valence-electron chi connectivity index (χ4n) is 2.71. The highest BCUT2D eigenvalue weighted by Gasteiger charge is 2.23. The summed E-state index contributed by atoms with van der Waals surface area (Å²) in [4.78, 5) is 8.89. The van der Waals surface area contributed by atoms with Crippen LogP contribution in [-0.4, -0.2) is 15.1 Å². The summed E-state index contributed by atoms with van der Waals surface area (Å²) in [5, 5.41) is 13.5. The molecule has 0 saturated carbocycles. The lowest BCUT2D eigenvalue weighted by Gasteiger charge is -2.14. The van der Waals surface area contributed by atoms with Crippen molar-refractivity contribution in [2.24, 2.45) is 0 Å². The molecule has 2 aromatic heterocycles. The lowest BCUT2D eigenvalue weighted by Crippen LogP contribution is -2.06. The van der Waals surface area contributed by atoms with Crippen molar-refractivity contribution < 1.29 is 5.11 Å². The molecule has 0 saturated heterocycles. The van der Waals surface area contributed by atoms with Gasteiger partial charge < -0.3 is 10.1 Å². The standard InChI is InChI=1S/C15H14N2OS/c18-13-3-1-2-12-14(13)19-15(17-12)9-4-5-10-7-16-8-11(10)6-9/h4-8,13,16,18H,1-3H2. The molecule has 2 heterocycles. The number of nitrogens with one attached hydrogen (secondary N) is 1. The molecule has 0 aliphatic heterocycles. The molecule has 1 aliphatic carbocycles. The van der Waals surface area contributed by atoms with Gasteiger partial charge in [0.05, 0.1) is 16.7 Å².